The van der Waals surface area contributed by atoms with E-state index in [0.717, 1.165) is 0 Å². The number of hydrogen-bond acceptors (Lipinski definition) is 6. The van der Waals surface area contributed by atoms with Gasteiger partial charge in [0.15, 0.2) is 0 Å². The highest BCUT2D eigenvalue weighted by atomic mass is 16.6. The molecular weight excluding hydrogens is 350 g/mol. The lowest BCUT2D eigenvalue weighted by Crippen LogP contribution is -2.13. The summed E-state index contributed by atoms with van der Waals surface area (Å²) in [6, 6.07) is 11.8. The van der Waals surface area contributed by atoms with Crippen LogP contribution in [0.5, 0.6) is 0 Å². The fraction of sp³-hybridized carbons (Fsp3) is 0.105. The summed E-state index contributed by atoms with van der Waals surface area (Å²) < 4.78 is 4.73. The Morgan fingerprint density at radius 1 is 1.07 bits per heavy atom. The summed E-state index contributed by atoms with van der Waals surface area (Å²) >= 11 is 0. The Morgan fingerprint density at radius 3 is 2.37 bits per heavy atom. The van der Waals surface area contributed by atoms with Crippen LogP contribution in [-0.2, 0) is 4.74 Å². The van der Waals surface area contributed by atoms with Crippen molar-refractivity contribution in [2.45, 2.75) is 6.92 Å². The monoisotopic (exact) mass is 365 g/mol. The van der Waals surface area contributed by atoms with Crippen LogP contribution in [0.2, 0.25) is 0 Å². The second-order valence-corrected chi connectivity index (χ2v) is 5.79. The third kappa shape index (κ3) is 3.74. The number of carbonyl (C=O) groups excluding carboxylic acids is 2. The van der Waals surface area contributed by atoms with E-state index in [1.165, 1.54) is 31.4 Å². The molecule has 0 aliphatic carbocycles. The van der Waals surface area contributed by atoms with Gasteiger partial charge in [-0.3, -0.25) is 19.9 Å². The zero-order chi connectivity index (χ0) is 19.6. The van der Waals surface area contributed by atoms with E-state index in [9.17, 15) is 19.7 Å². The van der Waals surface area contributed by atoms with Gasteiger partial charge in [0.1, 0.15) is 0 Å². The number of aryl methyl sites for hydroxylation is 1. The van der Waals surface area contributed by atoms with Crippen molar-refractivity contribution in [3.8, 4) is 0 Å². The average molecular weight is 365 g/mol. The van der Waals surface area contributed by atoms with Gasteiger partial charge in [-0.15, -0.1) is 0 Å². The fourth-order valence-corrected chi connectivity index (χ4v) is 2.64. The molecule has 0 saturated heterocycles. The zero-order valence-corrected chi connectivity index (χ0v) is 14.6. The predicted molar refractivity (Wildman–Crippen MR) is 98.9 cm³/mol. The smallest absolute Gasteiger partial charge is 0.337 e. The van der Waals surface area contributed by atoms with E-state index in [-0.39, 0.29) is 11.3 Å². The van der Waals surface area contributed by atoms with Crippen LogP contribution in [0.4, 0.5) is 11.4 Å². The number of esters is 1. The summed E-state index contributed by atoms with van der Waals surface area (Å²) in [6.45, 7) is 1.79. The van der Waals surface area contributed by atoms with Crippen LogP contribution < -0.4 is 5.32 Å². The highest BCUT2D eigenvalue weighted by molar-refractivity contribution is 6.09. The Hall–Kier alpha value is -3.81. The molecule has 1 N–H and O–H groups in total. The fourth-order valence-electron chi connectivity index (χ4n) is 2.64. The molecule has 0 fully saturated rings. The van der Waals surface area contributed by atoms with E-state index >= 15 is 0 Å². The Labute approximate surface area is 153 Å². The van der Waals surface area contributed by atoms with Crippen LogP contribution in [0, 0.1) is 17.0 Å². The number of hydrogen-bond donors (Lipinski definition) is 1. The second-order valence-electron chi connectivity index (χ2n) is 5.79. The van der Waals surface area contributed by atoms with Gasteiger partial charge >= 0.3 is 5.97 Å². The molecule has 3 aromatic rings. The van der Waals surface area contributed by atoms with Crippen molar-refractivity contribution in [1.29, 1.82) is 0 Å². The average Bonchev–Trinajstić information content (AvgIpc) is 2.67. The number of anilines is 1. The molecule has 3 rings (SSSR count). The van der Waals surface area contributed by atoms with E-state index in [1.54, 1.807) is 31.2 Å². The van der Waals surface area contributed by atoms with Crippen LogP contribution in [0.3, 0.4) is 0 Å². The minimum Gasteiger partial charge on any atom is -0.465 e. The number of carbonyl (C=O) groups is 2. The Kier molecular flexibility index (Phi) is 4.80. The first-order valence-corrected chi connectivity index (χ1v) is 7.94. The molecule has 0 atom stereocenters. The SMILES string of the molecule is COC(=O)c1ccc2nc(C)cc(NC(=O)c3ccc([N+](=O)[O-])cc3)c2c1. The summed E-state index contributed by atoms with van der Waals surface area (Å²) in [6.07, 6.45) is 0. The van der Waals surface area contributed by atoms with Crippen molar-refractivity contribution >= 4 is 34.2 Å². The summed E-state index contributed by atoms with van der Waals surface area (Å²) in [4.78, 5) is 38.9. The molecule has 8 nitrogen and oxygen atoms in total. The van der Waals surface area contributed by atoms with E-state index in [4.69, 9.17) is 4.74 Å². The maximum atomic E-state index is 12.5. The van der Waals surface area contributed by atoms with Crippen LogP contribution in [0.15, 0.2) is 48.5 Å². The molecule has 27 heavy (non-hydrogen) atoms. The number of benzene rings is 2. The second kappa shape index (κ2) is 7.20. The number of amides is 1. The largest absolute Gasteiger partial charge is 0.465 e. The van der Waals surface area contributed by atoms with Gasteiger partial charge in [-0.05, 0) is 43.3 Å². The minimum atomic E-state index is -0.532. The molecule has 0 radical (unpaired) electrons. The van der Waals surface area contributed by atoms with Gasteiger partial charge in [0, 0.05) is 28.8 Å². The minimum absolute atomic E-state index is 0.0977. The first-order chi connectivity index (χ1) is 12.9. The Bertz CT molecular complexity index is 1060. The molecule has 0 unspecified atom stereocenters. The quantitative estimate of drug-likeness (QED) is 0.430. The summed E-state index contributed by atoms with van der Waals surface area (Å²) in [7, 11) is 1.29. The zero-order valence-electron chi connectivity index (χ0n) is 14.6. The van der Waals surface area contributed by atoms with Crippen molar-refractivity contribution in [3.63, 3.8) is 0 Å². The van der Waals surface area contributed by atoms with Crippen molar-refractivity contribution in [2.24, 2.45) is 0 Å². The number of nitrogens with one attached hydrogen (secondary N) is 1. The third-order valence-corrected chi connectivity index (χ3v) is 3.95. The number of aromatic nitrogens is 1. The molecule has 0 aliphatic heterocycles. The van der Waals surface area contributed by atoms with Crippen LogP contribution in [-0.4, -0.2) is 28.9 Å². The van der Waals surface area contributed by atoms with Crippen molar-refractivity contribution in [3.05, 3.63) is 75.5 Å². The Morgan fingerprint density at radius 2 is 1.74 bits per heavy atom. The number of non-ortho nitro benzene ring substituents is 1. The molecule has 136 valence electrons. The summed E-state index contributed by atoms with van der Waals surface area (Å²) in [5.74, 6) is -0.926. The van der Waals surface area contributed by atoms with Crippen molar-refractivity contribution in [2.75, 3.05) is 12.4 Å². The number of ether oxygens (including phenoxy) is 1. The number of nitro benzene ring substituents is 1. The lowest BCUT2D eigenvalue weighted by atomic mass is 10.1. The number of fused-ring (bicyclic) bond motifs is 1. The molecule has 0 aliphatic rings. The molecule has 0 saturated carbocycles. The van der Waals surface area contributed by atoms with Crippen molar-refractivity contribution < 1.29 is 19.2 Å². The molecular formula is C19H15N3O5. The summed E-state index contributed by atoms with van der Waals surface area (Å²) in [5, 5.41) is 14.1. The van der Waals surface area contributed by atoms with Gasteiger partial charge in [-0.1, -0.05) is 0 Å². The van der Waals surface area contributed by atoms with Gasteiger partial charge in [0.05, 0.1) is 28.8 Å². The standard InChI is InChI=1S/C19H15N3O5/c1-11-9-17(15-10-13(19(24)27-2)5-8-16(15)20-11)21-18(23)12-3-6-14(7-4-12)22(25)26/h3-10H,1-2H3,(H,20,21,23). The highest BCUT2D eigenvalue weighted by Crippen LogP contribution is 2.25. The maximum Gasteiger partial charge on any atom is 0.337 e. The van der Waals surface area contributed by atoms with E-state index < -0.39 is 16.8 Å². The molecule has 1 amide bonds. The molecule has 2 aromatic carbocycles. The van der Waals surface area contributed by atoms with E-state index in [1.807, 2.05) is 0 Å². The first-order valence-electron chi connectivity index (χ1n) is 7.94. The molecule has 0 bridgehead atoms. The number of pyridine rings is 1. The lowest BCUT2D eigenvalue weighted by molar-refractivity contribution is -0.384. The van der Waals surface area contributed by atoms with Gasteiger partial charge in [0.2, 0.25) is 0 Å². The van der Waals surface area contributed by atoms with Crippen LogP contribution in [0.25, 0.3) is 10.9 Å². The maximum absolute atomic E-state index is 12.5. The van der Waals surface area contributed by atoms with E-state index in [0.29, 0.717) is 27.8 Å². The third-order valence-electron chi connectivity index (χ3n) is 3.95. The molecule has 1 heterocycles. The van der Waals surface area contributed by atoms with Gasteiger partial charge < -0.3 is 10.1 Å². The van der Waals surface area contributed by atoms with Gasteiger partial charge in [0.25, 0.3) is 11.6 Å². The number of nitrogens with zero attached hydrogens (tertiary/aromatic N) is 2. The van der Waals surface area contributed by atoms with E-state index in [2.05, 4.69) is 10.3 Å². The van der Waals surface area contributed by atoms with Gasteiger partial charge in [-0.25, -0.2) is 4.79 Å². The van der Waals surface area contributed by atoms with Gasteiger partial charge in [-0.2, -0.15) is 0 Å². The normalized spacial score (nSPS) is 10.4. The van der Waals surface area contributed by atoms with Crippen molar-refractivity contribution in [1.82, 2.24) is 4.98 Å². The molecule has 0 spiro atoms. The van der Waals surface area contributed by atoms with Crippen LogP contribution >= 0.6 is 0 Å². The first kappa shape index (κ1) is 18.0. The Balaban J connectivity index is 1.98. The lowest BCUT2D eigenvalue weighted by Gasteiger charge is -2.11. The number of methoxy groups -OCH3 is 1. The number of rotatable bonds is 4. The topological polar surface area (TPSA) is 111 Å². The predicted octanol–water partition coefficient (Wildman–Crippen LogP) is 3.49. The number of nitro groups is 1. The summed E-state index contributed by atoms with van der Waals surface area (Å²) in [5.41, 5.74) is 2.29. The molecule has 1 aromatic heterocycles. The van der Waals surface area contributed by atoms with Crippen LogP contribution in [0.1, 0.15) is 26.4 Å². The highest BCUT2D eigenvalue weighted by Gasteiger charge is 2.14. The molecule has 8 heteroatoms.